The van der Waals surface area contributed by atoms with Gasteiger partial charge < -0.3 is 10.6 Å². The van der Waals surface area contributed by atoms with Crippen LogP contribution in [0.1, 0.15) is 28.0 Å². The number of anilines is 1. The number of para-hydroxylation sites is 1. The lowest BCUT2D eigenvalue weighted by atomic mass is 10.0. The number of hydrogen-bond donors (Lipinski definition) is 2. The molecule has 1 aromatic heterocycles. The van der Waals surface area contributed by atoms with E-state index in [4.69, 9.17) is 0 Å². The third-order valence-electron chi connectivity index (χ3n) is 5.58. The molecule has 1 amide bonds. The van der Waals surface area contributed by atoms with E-state index in [2.05, 4.69) is 15.6 Å². The van der Waals surface area contributed by atoms with E-state index in [1.807, 2.05) is 47.9 Å². The van der Waals surface area contributed by atoms with Crippen molar-refractivity contribution in [2.75, 3.05) is 10.8 Å². The number of sulfonamides is 1. The van der Waals surface area contributed by atoms with Gasteiger partial charge >= 0.3 is 0 Å². The zero-order valence-electron chi connectivity index (χ0n) is 17.6. The molecule has 1 atom stereocenters. The first-order chi connectivity index (χ1) is 16.0. The van der Waals surface area contributed by atoms with Crippen molar-refractivity contribution < 1.29 is 13.2 Å². The first-order valence-corrected chi connectivity index (χ1v) is 13.0. The minimum atomic E-state index is -3.71. The van der Waals surface area contributed by atoms with Crippen LogP contribution in [-0.4, -0.2) is 31.4 Å². The molecule has 0 saturated heterocycles. The Kier molecular flexibility index (Phi) is 5.82. The first-order valence-electron chi connectivity index (χ1n) is 10.6. The van der Waals surface area contributed by atoms with Crippen LogP contribution < -0.4 is 14.9 Å². The Bertz CT molecular complexity index is 1310. The van der Waals surface area contributed by atoms with E-state index in [0.717, 1.165) is 35.5 Å². The molecule has 0 radical (unpaired) electrons. The van der Waals surface area contributed by atoms with Crippen LogP contribution in [0.15, 0.2) is 83.2 Å². The van der Waals surface area contributed by atoms with E-state index < -0.39 is 10.0 Å². The van der Waals surface area contributed by atoms with Crippen molar-refractivity contribution in [3.63, 3.8) is 0 Å². The van der Waals surface area contributed by atoms with E-state index in [1.54, 1.807) is 18.3 Å². The van der Waals surface area contributed by atoms with Crippen molar-refractivity contribution in [2.45, 2.75) is 23.2 Å². The van der Waals surface area contributed by atoms with Gasteiger partial charge in [-0.3, -0.25) is 14.1 Å². The van der Waals surface area contributed by atoms with Crippen LogP contribution in [0.2, 0.25) is 0 Å². The molecule has 5 rings (SSSR count). The molecule has 0 fully saturated rings. The van der Waals surface area contributed by atoms with Gasteiger partial charge in [0.25, 0.3) is 15.9 Å². The number of aryl methyl sites for hydroxylation is 1. The normalized spacial score (nSPS) is 17.6. The van der Waals surface area contributed by atoms with Gasteiger partial charge in [0.05, 0.1) is 22.0 Å². The summed E-state index contributed by atoms with van der Waals surface area (Å²) in [6.45, 7) is 0.442. The second-order valence-electron chi connectivity index (χ2n) is 7.71. The maximum absolute atomic E-state index is 13.3. The van der Waals surface area contributed by atoms with Gasteiger partial charge in [-0.25, -0.2) is 8.42 Å². The Morgan fingerprint density at radius 3 is 2.64 bits per heavy atom. The van der Waals surface area contributed by atoms with Gasteiger partial charge in [-0.15, -0.1) is 0 Å². The number of benzene rings is 2. The minimum absolute atomic E-state index is 0.170. The minimum Gasteiger partial charge on any atom is -0.354 e. The van der Waals surface area contributed by atoms with E-state index >= 15 is 0 Å². The summed E-state index contributed by atoms with van der Waals surface area (Å²) in [6.07, 6.45) is 3.36. The molecule has 1 unspecified atom stereocenters. The summed E-state index contributed by atoms with van der Waals surface area (Å²) >= 11 is 1.44. The molecule has 3 aromatic rings. The van der Waals surface area contributed by atoms with Crippen molar-refractivity contribution in [3.8, 4) is 0 Å². The number of rotatable bonds is 5. The molecule has 2 aliphatic rings. The summed E-state index contributed by atoms with van der Waals surface area (Å²) in [5.74, 6) is -0.289. The van der Waals surface area contributed by atoms with Gasteiger partial charge in [-0.05, 0) is 60.9 Å². The third kappa shape index (κ3) is 4.34. The highest BCUT2D eigenvalue weighted by Gasteiger charge is 2.29. The summed E-state index contributed by atoms with van der Waals surface area (Å²) in [5, 5.41) is 8.04. The van der Waals surface area contributed by atoms with Crippen LogP contribution in [0, 0.1) is 0 Å². The van der Waals surface area contributed by atoms with Crippen LogP contribution in [0.4, 0.5) is 5.69 Å². The Hall–Kier alpha value is -3.30. The summed E-state index contributed by atoms with van der Waals surface area (Å²) in [6, 6.07) is 19.3. The monoisotopic (exact) mass is 478 g/mol. The number of amides is 1. The highest BCUT2D eigenvalue weighted by Crippen LogP contribution is 2.32. The van der Waals surface area contributed by atoms with E-state index in [0.29, 0.717) is 12.1 Å². The van der Waals surface area contributed by atoms with Crippen molar-refractivity contribution in [1.82, 2.24) is 15.6 Å². The van der Waals surface area contributed by atoms with Gasteiger partial charge in [0.1, 0.15) is 0 Å². The zero-order valence-corrected chi connectivity index (χ0v) is 19.3. The number of pyridine rings is 1. The standard InChI is InChI=1S/C24H22N4O3S2/c29-23(27-24-26-21(16-32-24)20-8-3-4-14-25-20)18-10-12-19(13-11-18)33(30,31)28-15-5-7-17-6-1-2-9-22(17)28/h1-4,6,8-14,16,24,26H,5,7,15H2,(H,27,29). The SMILES string of the molecule is O=C(NC1NC(c2ccccn2)=CS1)c1ccc(S(=O)(=O)N2CCCc3ccccc32)cc1. The molecule has 9 heteroatoms. The fourth-order valence-electron chi connectivity index (χ4n) is 3.93. The second-order valence-corrected chi connectivity index (χ2v) is 10.6. The van der Waals surface area contributed by atoms with Gasteiger partial charge in [0.15, 0.2) is 5.50 Å². The Balaban J connectivity index is 1.27. The lowest BCUT2D eigenvalue weighted by Crippen LogP contribution is -2.39. The van der Waals surface area contributed by atoms with E-state index in [1.165, 1.54) is 28.2 Å². The topological polar surface area (TPSA) is 91.4 Å². The smallest absolute Gasteiger partial charge is 0.264 e. The number of nitrogens with zero attached hydrogens (tertiary/aromatic N) is 2. The fraction of sp³-hybridized carbons (Fsp3) is 0.167. The molecular weight excluding hydrogens is 456 g/mol. The molecule has 2 aromatic carbocycles. The summed E-state index contributed by atoms with van der Waals surface area (Å²) in [5.41, 5.74) is 3.46. The van der Waals surface area contributed by atoms with Gasteiger partial charge in [-0.1, -0.05) is 36.0 Å². The number of fused-ring (bicyclic) bond motifs is 1. The van der Waals surface area contributed by atoms with Crippen LogP contribution in [0.25, 0.3) is 5.70 Å². The average Bonchev–Trinajstić information content (AvgIpc) is 3.33. The van der Waals surface area contributed by atoms with Crippen molar-refractivity contribution in [1.29, 1.82) is 0 Å². The Labute approximate surface area is 197 Å². The lowest BCUT2D eigenvalue weighted by molar-refractivity contribution is 0.0948. The molecule has 33 heavy (non-hydrogen) atoms. The molecule has 168 valence electrons. The molecule has 0 saturated carbocycles. The summed E-state index contributed by atoms with van der Waals surface area (Å²) in [4.78, 5) is 17.2. The fourth-order valence-corrected chi connectivity index (χ4v) is 6.30. The van der Waals surface area contributed by atoms with E-state index in [-0.39, 0.29) is 16.3 Å². The van der Waals surface area contributed by atoms with Crippen LogP contribution in [-0.2, 0) is 16.4 Å². The molecule has 7 nitrogen and oxygen atoms in total. The number of thioether (sulfide) groups is 1. The zero-order chi connectivity index (χ0) is 22.8. The predicted octanol–water partition coefficient (Wildman–Crippen LogP) is 3.57. The lowest BCUT2D eigenvalue weighted by Gasteiger charge is -2.30. The second kappa shape index (κ2) is 8.92. The molecule has 2 N–H and O–H groups in total. The first kappa shape index (κ1) is 21.5. The van der Waals surface area contributed by atoms with Crippen molar-refractivity contribution in [2.24, 2.45) is 0 Å². The maximum atomic E-state index is 13.3. The van der Waals surface area contributed by atoms with Gasteiger partial charge in [-0.2, -0.15) is 0 Å². The largest absolute Gasteiger partial charge is 0.354 e. The van der Waals surface area contributed by atoms with Crippen molar-refractivity contribution in [3.05, 3.63) is 95.2 Å². The predicted molar refractivity (Wildman–Crippen MR) is 130 cm³/mol. The molecular formula is C24H22N4O3S2. The van der Waals surface area contributed by atoms with Crippen LogP contribution in [0.3, 0.4) is 0 Å². The molecule has 2 aliphatic heterocycles. The highest BCUT2D eigenvalue weighted by atomic mass is 32.2. The molecule has 0 aliphatic carbocycles. The van der Waals surface area contributed by atoms with E-state index in [9.17, 15) is 13.2 Å². The third-order valence-corrected chi connectivity index (χ3v) is 8.29. The maximum Gasteiger partial charge on any atom is 0.264 e. The van der Waals surface area contributed by atoms with Crippen molar-refractivity contribution >= 4 is 39.1 Å². The number of hydrogen-bond acceptors (Lipinski definition) is 6. The number of carbonyl (C=O) groups is 1. The van der Waals surface area contributed by atoms with Crippen LogP contribution >= 0.6 is 11.8 Å². The molecule has 0 bridgehead atoms. The Morgan fingerprint density at radius 2 is 1.85 bits per heavy atom. The molecule has 0 spiro atoms. The molecule has 3 heterocycles. The van der Waals surface area contributed by atoms with Crippen LogP contribution in [0.5, 0.6) is 0 Å². The highest BCUT2D eigenvalue weighted by molar-refractivity contribution is 8.03. The number of nitrogens with one attached hydrogen (secondary N) is 2. The summed E-state index contributed by atoms with van der Waals surface area (Å²) < 4.78 is 28.0. The van der Waals surface area contributed by atoms with Gasteiger partial charge in [0.2, 0.25) is 0 Å². The quantitative estimate of drug-likeness (QED) is 0.583. The Morgan fingerprint density at radius 1 is 1.06 bits per heavy atom. The number of carbonyl (C=O) groups excluding carboxylic acids is 1. The average molecular weight is 479 g/mol. The summed E-state index contributed by atoms with van der Waals surface area (Å²) in [7, 11) is -3.71. The number of aromatic nitrogens is 1. The van der Waals surface area contributed by atoms with Gasteiger partial charge in [0, 0.05) is 23.7 Å².